The lowest BCUT2D eigenvalue weighted by molar-refractivity contribution is -0.154. The fourth-order valence-corrected chi connectivity index (χ4v) is 1.00. The van der Waals surface area contributed by atoms with Crippen LogP contribution < -0.4 is 0 Å². The van der Waals surface area contributed by atoms with Crippen molar-refractivity contribution in [3.8, 4) is 0 Å². The number of ether oxygens (including phenoxy) is 2. The smallest absolute Gasteiger partial charge is 0.333 e. The van der Waals surface area contributed by atoms with E-state index in [1.807, 2.05) is 6.92 Å². The number of esters is 2. The molecular formula is C16H28O6. The third-order valence-corrected chi connectivity index (χ3v) is 2.39. The summed E-state index contributed by atoms with van der Waals surface area (Å²) < 4.78 is 9.94. The van der Waals surface area contributed by atoms with Crippen molar-refractivity contribution in [1.29, 1.82) is 0 Å². The Balaban J connectivity index is 0. The molecule has 1 unspecified atom stereocenters. The standard InChI is InChI=1S/C12H18O4.C4H10O2/c1-6-10(16-12(14)9(4)5)7-15-11(13)8(2)3;5-3-1-2-4-6/h10H,2,4,6-7H2,1,3,5H3;5-6H,1-4H2. The minimum atomic E-state index is -0.482. The summed E-state index contributed by atoms with van der Waals surface area (Å²) in [6, 6.07) is 0. The fraction of sp³-hybridized carbons (Fsp3) is 0.625. The molecule has 0 aliphatic heterocycles. The van der Waals surface area contributed by atoms with Gasteiger partial charge in [-0.1, -0.05) is 20.1 Å². The molecule has 0 fully saturated rings. The Morgan fingerprint density at radius 3 is 1.77 bits per heavy atom. The zero-order valence-corrected chi connectivity index (χ0v) is 13.8. The van der Waals surface area contributed by atoms with Gasteiger partial charge < -0.3 is 19.7 Å². The molecule has 0 spiro atoms. The first kappa shape index (κ1) is 22.6. The van der Waals surface area contributed by atoms with Crippen LogP contribution in [0.4, 0.5) is 0 Å². The molecule has 0 heterocycles. The molecule has 0 aliphatic rings. The fourth-order valence-electron chi connectivity index (χ4n) is 1.00. The molecule has 0 saturated heterocycles. The molecule has 1 atom stereocenters. The van der Waals surface area contributed by atoms with Crippen LogP contribution in [-0.2, 0) is 19.1 Å². The molecule has 6 heteroatoms. The van der Waals surface area contributed by atoms with Crippen LogP contribution in [-0.4, -0.2) is 48.1 Å². The van der Waals surface area contributed by atoms with E-state index in [0.29, 0.717) is 17.6 Å². The average Bonchev–Trinajstić information content (AvgIpc) is 2.48. The van der Waals surface area contributed by atoms with Gasteiger partial charge in [-0.15, -0.1) is 0 Å². The molecule has 22 heavy (non-hydrogen) atoms. The number of aliphatic hydroxyl groups excluding tert-OH is 2. The predicted molar refractivity (Wildman–Crippen MR) is 84.2 cm³/mol. The van der Waals surface area contributed by atoms with E-state index in [4.69, 9.17) is 19.7 Å². The van der Waals surface area contributed by atoms with E-state index in [9.17, 15) is 9.59 Å². The van der Waals surface area contributed by atoms with Crippen LogP contribution in [0.2, 0.25) is 0 Å². The van der Waals surface area contributed by atoms with Crippen LogP contribution in [0.5, 0.6) is 0 Å². The van der Waals surface area contributed by atoms with Crippen molar-refractivity contribution in [2.45, 2.75) is 46.1 Å². The highest BCUT2D eigenvalue weighted by Gasteiger charge is 2.15. The van der Waals surface area contributed by atoms with Gasteiger partial charge in [0.25, 0.3) is 0 Å². The van der Waals surface area contributed by atoms with Crippen molar-refractivity contribution in [2.24, 2.45) is 0 Å². The lowest BCUT2D eigenvalue weighted by Crippen LogP contribution is -2.25. The number of unbranched alkanes of at least 4 members (excludes halogenated alkanes) is 1. The molecule has 0 bridgehead atoms. The molecule has 0 aromatic carbocycles. The quantitative estimate of drug-likeness (QED) is 0.382. The molecule has 2 N–H and O–H groups in total. The van der Waals surface area contributed by atoms with E-state index in [1.165, 1.54) is 0 Å². The summed E-state index contributed by atoms with van der Waals surface area (Å²) in [5.41, 5.74) is 0.644. The maximum atomic E-state index is 11.2. The molecule has 0 aromatic heterocycles. The Labute approximate surface area is 132 Å². The van der Waals surface area contributed by atoms with Crippen molar-refractivity contribution in [2.75, 3.05) is 19.8 Å². The molecule has 6 nitrogen and oxygen atoms in total. The van der Waals surface area contributed by atoms with Crippen molar-refractivity contribution < 1.29 is 29.3 Å². The number of aliphatic hydroxyl groups is 2. The summed E-state index contributed by atoms with van der Waals surface area (Å²) in [7, 11) is 0. The zero-order valence-electron chi connectivity index (χ0n) is 13.8. The number of carbonyl (C=O) groups is 2. The Hall–Kier alpha value is -1.66. The van der Waals surface area contributed by atoms with Crippen LogP contribution in [0.3, 0.4) is 0 Å². The lowest BCUT2D eigenvalue weighted by Gasteiger charge is -2.16. The van der Waals surface area contributed by atoms with Gasteiger partial charge >= 0.3 is 11.9 Å². The van der Waals surface area contributed by atoms with Crippen LogP contribution in [0.1, 0.15) is 40.0 Å². The van der Waals surface area contributed by atoms with E-state index in [0.717, 1.165) is 12.8 Å². The molecule has 0 radical (unpaired) electrons. The second kappa shape index (κ2) is 14.3. The van der Waals surface area contributed by atoms with Crippen molar-refractivity contribution in [1.82, 2.24) is 0 Å². The normalized spacial score (nSPS) is 10.8. The first-order valence-electron chi connectivity index (χ1n) is 7.20. The monoisotopic (exact) mass is 316 g/mol. The highest BCUT2D eigenvalue weighted by Crippen LogP contribution is 2.04. The van der Waals surface area contributed by atoms with Crippen molar-refractivity contribution in [3.63, 3.8) is 0 Å². The van der Waals surface area contributed by atoms with Gasteiger partial charge in [0.05, 0.1) is 0 Å². The molecule has 128 valence electrons. The van der Waals surface area contributed by atoms with Crippen molar-refractivity contribution in [3.05, 3.63) is 24.3 Å². The van der Waals surface area contributed by atoms with Gasteiger partial charge in [-0.3, -0.25) is 0 Å². The number of rotatable bonds is 9. The van der Waals surface area contributed by atoms with Gasteiger partial charge in [-0.2, -0.15) is 0 Å². The largest absolute Gasteiger partial charge is 0.458 e. The highest BCUT2D eigenvalue weighted by atomic mass is 16.6. The summed E-state index contributed by atoms with van der Waals surface area (Å²) in [5.74, 6) is -0.956. The minimum Gasteiger partial charge on any atom is -0.458 e. The summed E-state index contributed by atoms with van der Waals surface area (Å²) in [4.78, 5) is 22.3. The van der Waals surface area contributed by atoms with E-state index in [-0.39, 0.29) is 19.8 Å². The first-order valence-corrected chi connectivity index (χ1v) is 7.20. The van der Waals surface area contributed by atoms with Gasteiger partial charge in [0.2, 0.25) is 0 Å². The Morgan fingerprint density at radius 1 is 1.00 bits per heavy atom. The molecule has 0 aliphatic carbocycles. The van der Waals surface area contributed by atoms with E-state index < -0.39 is 18.0 Å². The van der Waals surface area contributed by atoms with Crippen molar-refractivity contribution >= 4 is 11.9 Å². The summed E-state index contributed by atoms with van der Waals surface area (Å²) >= 11 is 0. The van der Waals surface area contributed by atoms with E-state index in [2.05, 4.69) is 13.2 Å². The maximum absolute atomic E-state index is 11.2. The lowest BCUT2D eigenvalue weighted by atomic mass is 10.3. The van der Waals surface area contributed by atoms with Crippen LogP contribution in [0.15, 0.2) is 24.3 Å². The second-order valence-electron chi connectivity index (χ2n) is 4.75. The van der Waals surface area contributed by atoms with Gasteiger partial charge in [0, 0.05) is 24.4 Å². The summed E-state index contributed by atoms with van der Waals surface area (Å²) in [5, 5.41) is 16.2. The molecule has 0 saturated carbocycles. The first-order chi connectivity index (χ1) is 10.3. The molecular weight excluding hydrogens is 288 g/mol. The number of hydrogen-bond acceptors (Lipinski definition) is 6. The van der Waals surface area contributed by atoms with Gasteiger partial charge in [-0.25, -0.2) is 9.59 Å². The molecule has 0 aromatic rings. The SMILES string of the molecule is C=C(C)C(=O)OCC(CC)OC(=O)C(=C)C.OCCCCO. The zero-order chi connectivity index (χ0) is 17.5. The van der Waals surface area contributed by atoms with Crippen LogP contribution in [0, 0.1) is 0 Å². The van der Waals surface area contributed by atoms with E-state index in [1.54, 1.807) is 13.8 Å². The third kappa shape index (κ3) is 13.3. The van der Waals surface area contributed by atoms with Gasteiger partial charge in [-0.05, 0) is 33.1 Å². The molecule has 0 amide bonds. The molecule has 0 rings (SSSR count). The van der Waals surface area contributed by atoms with E-state index >= 15 is 0 Å². The average molecular weight is 316 g/mol. The summed E-state index contributed by atoms with van der Waals surface area (Å²) in [6.07, 6.45) is 1.57. The second-order valence-corrected chi connectivity index (χ2v) is 4.75. The Bertz CT molecular complexity index is 358. The minimum absolute atomic E-state index is 0.0429. The third-order valence-electron chi connectivity index (χ3n) is 2.39. The Morgan fingerprint density at radius 2 is 1.45 bits per heavy atom. The number of hydrogen-bond donors (Lipinski definition) is 2. The summed E-state index contributed by atoms with van der Waals surface area (Å²) in [6.45, 7) is 12.3. The predicted octanol–water partition coefficient (Wildman–Crippen LogP) is 1.75. The Kier molecular flexibility index (Phi) is 14.7. The maximum Gasteiger partial charge on any atom is 0.333 e. The topological polar surface area (TPSA) is 93.1 Å². The highest BCUT2D eigenvalue weighted by molar-refractivity contribution is 5.87. The van der Waals surface area contributed by atoms with Gasteiger partial charge in [0.15, 0.2) is 0 Å². The van der Waals surface area contributed by atoms with Crippen LogP contribution >= 0.6 is 0 Å². The number of carbonyl (C=O) groups excluding carboxylic acids is 2. The van der Waals surface area contributed by atoms with Gasteiger partial charge in [0.1, 0.15) is 12.7 Å². The van der Waals surface area contributed by atoms with Crippen LogP contribution in [0.25, 0.3) is 0 Å².